The molecule has 2 aliphatic heterocycles. The molecule has 4 heterocycles. The van der Waals surface area contributed by atoms with Gasteiger partial charge in [0.05, 0.1) is 29.5 Å². The van der Waals surface area contributed by atoms with Crippen LogP contribution in [0, 0.1) is 0 Å². The molecule has 1 fully saturated rings. The summed E-state index contributed by atoms with van der Waals surface area (Å²) < 4.78 is 7.71. The van der Waals surface area contributed by atoms with Gasteiger partial charge in [0.1, 0.15) is 5.75 Å². The number of rotatable bonds is 2. The number of carbonyl (C=O) groups is 1. The zero-order valence-electron chi connectivity index (χ0n) is 17.9. The van der Waals surface area contributed by atoms with Crippen molar-refractivity contribution >= 4 is 22.5 Å². The Kier molecular flexibility index (Phi) is 4.21. The Morgan fingerprint density at radius 1 is 1.06 bits per heavy atom. The summed E-state index contributed by atoms with van der Waals surface area (Å²) in [4.78, 5) is 19.6. The number of nitrogens with zero attached hydrogens (tertiary/aromatic N) is 3. The van der Waals surface area contributed by atoms with Gasteiger partial charge in [-0.3, -0.25) is 9.78 Å². The summed E-state index contributed by atoms with van der Waals surface area (Å²) in [6, 6.07) is 20.1. The Morgan fingerprint density at radius 2 is 1.94 bits per heavy atom. The van der Waals surface area contributed by atoms with Crippen molar-refractivity contribution in [1.29, 1.82) is 0 Å². The number of amides is 1. The summed E-state index contributed by atoms with van der Waals surface area (Å²) >= 11 is 0. The van der Waals surface area contributed by atoms with Gasteiger partial charge in [0.15, 0.2) is 0 Å². The smallest absolute Gasteiger partial charge is 0.253 e. The van der Waals surface area contributed by atoms with Crippen LogP contribution in [0.4, 0.5) is 5.69 Å². The van der Waals surface area contributed by atoms with Crippen LogP contribution in [0.1, 0.15) is 28.9 Å². The Hall–Kier alpha value is -3.80. The molecule has 0 bridgehead atoms. The van der Waals surface area contributed by atoms with Crippen LogP contribution in [-0.2, 0) is 5.54 Å². The summed E-state index contributed by atoms with van der Waals surface area (Å²) in [6.07, 6.45) is 5.57. The van der Waals surface area contributed by atoms with Crippen LogP contribution in [0.15, 0.2) is 73.1 Å². The molecule has 0 atom stereocenters. The molecule has 2 aromatic heterocycles. The fraction of sp³-hybridized carbons (Fsp3) is 0.231. The minimum atomic E-state index is -0.201. The highest BCUT2D eigenvalue weighted by molar-refractivity contribution is 5.98. The molecule has 2 aliphatic rings. The molecule has 6 rings (SSSR count). The second kappa shape index (κ2) is 7.12. The predicted octanol–water partition coefficient (Wildman–Crippen LogP) is 4.59. The van der Waals surface area contributed by atoms with Gasteiger partial charge < -0.3 is 19.5 Å². The van der Waals surface area contributed by atoms with E-state index in [-0.39, 0.29) is 11.4 Å². The molecule has 1 saturated heterocycles. The molecule has 160 valence electrons. The Balaban J connectivity index is 1.27. The van der Waals surface area contributed by atoms with Crippen molar-refractivity contribution in [1.82, 2.24) is 14.5 Å². The molecule has 6 nitrogen and oxygen atoms in total. The van der Waals surface area contributed by atoms with Gasteiger partial charge in [0.25, 0.3) is 5.91 Å². The standard InChI is InChI=1S/C26H24N4O2/c1-32-20-7-9-23-22(17-20)28-26(24-5-3-13-30(23)24)10-14-29(15-11-26)25(31)19-6-8-21-18(16-19)4-2-12-27-21/h2-9,12-13,16-17,28H,10-11,14-15H2,1H3. The lowest BCUT2D eigenvalue weighted by Gasteiger charge is -2.46. The van der Waals surface area contributed by atoms with Crippen molar-refractivity contribution < 1.29 is 9.53 Å². The number of likely N-dealkylation sites (tertiary alicyclic amines) is 1. The minimum Gasteiger partial charge on any atom is -0.497 e. The van der Waals surface area contributed by atoms with E-state index >= 15 is 0 Å². The molecule has 4 aromatic rings. The zero-order chi connectivity index (χ0) is 21.7. The van der Waals surface area contributed by atoms with E-state index < -0.39 is 0 Å². The molecule has 1 spiro atoms. The van der Waals surface area contributed by atoms with Crippen molar-refractivity contribution in [3.63, 3.8) is 0 Å². The molecular formula is C26H24N4O2. The van der Waals surface area contributed by atoms with Crippen LogP contribution in [0.2, 0.25) is 0 Å². The maximum absolute atomic E-state index is 13.3. The number of fused-ring (bicyclic) bond motifs is 5. The van der Waals surface area contributed by atoms with Crippen LogP contribution < -0.4 is 10.1 Å². The van der Waals surface area contributed by atoms with Gasteiger partial charge in [-0.2, -0.15) is 0 Å². The number of methoxy groups -OCH3 is 1. The van der Waals surface area contributed by atoms with Crippen LogP contribution in [0.5, 0.6) is 5.75 Å². The van der Waals surface area contributed by atoms with Gasteiger partial charge in [0, 0.05) is 48.2 Å². The largest absolute Gasteiger partial charge is 0.497 e. The number of pyridine rings is 1. The predicted molar refractivity (Wildman–Crippen MR) is 125 cm³/mol. The molecule has 0 saturated carbocycles. The Bertz CT molecular complexity index is 1330. The minimum absolute atomic E-state index is 0.0823. The SMILES string of the molecule is COc1ccc2c(c1)NC1(CCN(C(=O)c3ccc4ncccc4c3)CC1)c1cccn1-2. The van der Waals surface area contributed by atoms with E-state index in [9.17, 15) is 4.79 Å². The third kappa shape index (κ3) is 2.87. The summed E-state index contributed by atoms with van der Waals surface area (Å²) in [5.74, 6) is 0.916. The fourth-order valence-electron chi connectivity index (χ4n) is 5.12. The van der Waals surface area contributed by atoms with Gasteiger partial charge in [-0.15, -0.1) is 0 Å². The first-order chi connectivity index (χ1) is 15.7. The molecule has 0 radical (unpaired) electrons. The van der Waals surface area contributed by atoms with Gasteiger partial charge >= 0.3 is 0 Å². The molecule has 1 N–H and O–H groups in total. The molecule has 32 heavy (non-hydrogen) atoms. The molecule has 6 heteroatoms. The van der Waals surface area contributed by atoms with Gasteiger partial charge in [-0.1, -0.05) is 6.07 Å². The normalized spacial score (nSPS) is 16.3. The maximum atomic E-state index is 13.3. The average molecular weight is 425 g/mol. The molecule has 0 unspecified atom stereocenters. The highest BCUT2D eigenvalue weighted by Crippen LogP contribution is 2.44. The number of hydrogen-bond donors (Lipinski definition) is 1. The summed E-state index contributed by atoms with van der Waals surface area (Å²) in [5.41, 5.74) is 4.86. The number of carbonyl (C=O) groups excluding carboxylic acids is 1. The lowest BCUT2D eigenvalue weighted by Crippen LogP contribution is -2.51. The number of benzene rings is 2. The van der Waals surface area contributed by atoms with Crippen LogP contribution in [0.25, 0.3) is 16.6 Å². The highest BCUT2D eigenvalue weighted by Gasteiger charge is 2.42. The Morgan fingerprint density at radius 3 is 2.78 bits per heavy atom. The van der Waals surface area contributed by atoms with Crippen LogP contribution >= 0.6 is 0 Å². The first kappa shape index (κ1) is 18.9. The van der Waals surface area contributed by atoms with Crippen molar-refractivity contribution in [2.24, 2.45) is 0 Å². The van der Waals surface area contributed by atoms with Crippen molar-refractivity contribution in [3.8, 4) is 11.4 Å². The van der Waals surface area contributed by atoms with Crippen molar-refractivity contribution in [2.75, 3.05) is 25.5 Å². The van der Waals surface area contributed by atoms with E-state index in [1.807, 2.05) is 41.3 Å². The van der Waals surface area contributed by atoms with E-state index in [4.69, 9.17) is 4.74 Å². The monoisotopic (exact) mass is 424 g/mol. The first-order valence-electron chi connectivity index (χ1n) is 11.0. The average Bonchev–Trinajstić information content (AvgIpc) is 3.35. The van der Waals surface area contributed by atoms with E-state index in [0.717, 1.165) is 46.4 Å². The van der Waals surface area contributed by atoms with Crippen LogP contribution in [0.3, 0.4) is 0 Å². The quantitative estimate of drug-likeness (QED) is 0.511. The first-order valence-corrected chi connectivity index (χ1v) is 11.0. The molecule has 1 amide bonds. The van der Waals surface area contributed by atoms with E-state index in [0.29, 0.717) is 13.1 Å². The van der Waals surface area contributed by atoms with Crippen molar-refractivity contribution in [2.45, 2.75) is 18.4 Å². The van der Waals surface area contributed by atoms with Gasteiger partial charge in [0.2, 0.25) is 0 Å². The van der Waals surface area contributed by atoms with E-state index in [2.05, 4.69) is 45.3 Å². The molecular weight excluding hydrogens is 400 g/mol. The number of aromatic nitrogens is 2. The zero-order valence-corrected chi connectivity index (χ0v) is 17.9. The number of ether oxygens (including phenoxy) is 1. The van der Waals surface area contributed by atoms with Crippen LogP contribution in [-0.4, -0.2) is 40.6 Å². The lowest BCUT2D eigenvalue weighted by atomic mass is 9.82. The number of nitrogens with one attached hydrogen (secondary N) is 1. The second-order valence-corrected chi connectivity index (χ2v) is 8.56. The third-order valence-corrected chi connectivity index (χ3v) is 6.83. The lowest BCUT2D eigenvalue weighted by molar-refractivity contribution is 0.0676. The Labute approximate surface area is 186 Å². The molecule has 0 aliphatic carbocycles. The highest BCUT2D eigenvalue weighted by atomic mass is 16.5. The maximum Gasteiger partial charge on any atom is 0.253 e. The third-order valence-electron chi connectivity index (χ3n) is 6.83. The topological polar surface area (TPSA) is 59.4 Å². The number of anilines is 1. The number of hydrogen-bond acceptors (Lipinski definition) is 4. The van der Waals surface area contributed by atoms with Gasteiger partial charge in [-0.25, -0.2) is 0 Å². The van der Waals surface area contributed by atoms with E-state index in [1.165, 1.54) is 5.69 Å². The van der Waals surface area contributed by atoms with Crippen molar-refractivity contribution in [3.05, 3.63) is 84.3 Å². The van der Waals surface area contributed by atoms with E-state index in [1.54, 1.807) is 13.3 Å². The summed E-state index contributed by atoms with van der Waals surface area (Å²) in [5, 5.41) is 4.80. The second-order valence-electron chi connectivity index (χ2n) is 8.56. The molecule has 2 aromatic carbocycles. The number of piperidine rings is 1. The fourth-order valence-corrected chi connectivity index (χ4v) is 5.12. The summed E-state index contributed by atoms with van der Waals surface area (Å²) in [6.45, 7) is 1.39. The summed E-state index contributed by atoms with van der Waals surface area (Å²) in [7, 11) is 1.69. The van der Waals surface area contributed by atoms with Gasteiger partial charge in [-0.05, 0) is 61.4 Å².